The fourth-order valence-electron chi connectivity index (χ4n) is 2.69. The number of nitrogen functional groups attached to an aromatic ring is 1. The van der Waals surface area contributed by atoms with E-state index in [2.05, 4.69) is 32.9 Å². The molecule has 2 N–H and O–H groups in total. The van der Waals surface area contributed by atoms with E-state index in [1.54, 1.807) is 6.20 Å². The van der Waals surface area contributed by atoms with E-state index in [-0.39, 0.29) is 0 Å². The molecule has 0 aliphatic heterocycles. The third-order valence-electron chi connectivity index (χ3n) is 3.54. The topological polar surface area (TPSA) is 42.1 Å². The fraction of sp³-hybridized carbons (Fsp3) is 0.615. The van der Waals surface area contributed by atoms with E-state index in [1.807, 2.05) is 6.20 Å². The van der Waals surface area contributed by atoms with Crippen molar-refractivity contribution in [3.8, 4) is 0 Å². The second-order valence-corrected chi connectivity index (χ2v) is 5.80. The van der Waals surface area contributed by atoms with Gasteiger partial charge in [0.1, 0.15) is 0 Å². The third kappa shape index (κ3) is 3.12. The number of pyridine rings is 1. The highest BCUT2D eigenvalue weighted by Gasteiger charge is 2.18. The van der Waals surface area contributed by atoms with Gasteiger partial charge in [0.05, 0.1) is 22.0 Å². The van der Waals surface area contributed by atoms with E-state index >= 15 is 0 Å². The van der Waals surface area contributed by atoms with Crippen LogP contribution in [0.4, 0.5) is 11.4 Å². The minimum Gasteiger partial charge on any atom is -0.396 e. The van der Waals surface area contributed by atoms with Crippen LogP contribution in [0.5, 0.6) is 0 Å². The smallest absolute Gasteiger partial charge is 0.0773 e. The van der Waals surface area contributed by atoms with Gasteiger partial charge in [-0.25, -0.2) is 0 Å². The molecule has 0 radical (unpaired) electrons. The molecule has 1 aliphatic carbocycles. The van der Waals surface area contributed by atoms with Crippen LogP contribution in [0.15, 0.2) is 16.9 Å². The zero-order valence-electron chi connectivity index (χ0n) is 10.3. The Bertz CT molecular complexity index is 355. The molecule has 0 amide bonds. The summed E-state index contributed by atoms with van der Waals surface area (Å²) in [5.74, 6) is 0.813. The normalized spacial score (nSPS) is 17.1. The number of aromatic nitrogens is 1. The van der Waals surface area contributed by atoms with Crippen LogP contribution in [0.1, 0.15) is 32.1 Å². The van der Waals surface area contributed by atoms with Crippen LogP contribution in [-0.4, -0.2) is 18.6 Å². The summed E-state index contributed by atoms with van der Waals surface area (Å²) in [7, 11) is 2.12. The molecule has 0 unspecified atom stereocenters. The van der Waals surface area contributed by atoms with E-state index < -0.39 is 0 Å². The Labute approximate surface area is 112 Å². The minimum absolute atomic E-state index is 0.748. The first kappa shape index (κ1) is 12.7. The molecule has 0 spiro atoms. The zero-order chi connectivity index (χ0) is 12.3. The molecular weight excluding hydrogens is 278 g/mol. The summed E-state index contributed by atoms with van der Waals surface area (Å²) in [6.07, 6.45) is 10.4. The molecule has 1 saturated carbocycles. The van der Waals surface area contributed by atoms with Gasteiger partial charge in [-0.15, -0.1) is 0 Å². The van der Waals surface area contributed by atoms with Gasteiger partial charge in [0.2, 0.25) is 0 Å². The predicted molar refractivity (Wildman–Crippen MR) is 76.2 cm³/mol. The first-order chi connectivity index (χ1) is 8.18. The number of hydrogen-bond donors (Lipinski definition) is 1. The molecule has 3 nitrogen and oxygen atoms in total. The van der Waals surface area contributed by atoms with Crippen LogP contribution >= 0.6 is 15.9 Å². The quantitative estimate of drug-likeness (QED) is 0.929. The molecule has 1 fully saturated rings. The lowest BCUT2D eigenvalue weighted by molar-refractivity contribution is 0.362. The van der Waals surface area contributed by atoms with Crippen molar-refractivity contribution < 1.29 is 0 Å². The van der Waals surface area contributed by atoms with Crippen molar-refractivity contribution in [2.24, 2.45) is 5.92 Å². The molecule has 1 aromatic heterocycles. The summed E-state index contributed by atoms with van der Waals surface area (Å²) in [6, 6.07) is 0. The lowest BCUT2D eigenvalue weighted by Crippen LogP contribution is -2.27. The highest BCUT2D eigenvalue weighted by Crippen LogP contribution is 2.32. The molecule has 1 aromatic rings. The second-order valence-electron chi connectivity index (χ2n) is 4.94. The van der Waals surface area contributed by atoms with Crippen molar-refractivity contribution >= 4 is 27.3 Å². The van der Waals surface area contributed by atoms with Crippen molar-refractivity contribution in [1.29, 1.82) is 0 Å². The highest BCUT2D eigenvalue weighted by atomic mass is 79.9. The summed E-state index contributed by atoms with van der Waals surface area (Å²) in [4.78, 5) is 6.34. The van der Waals surface area contributed by atoms with Gasteiger partial charge in [0.25, 0.3) is 0 Å². The standard InChI is InChI=1S/C13H20BrN3/c1-17(9-10-5-3-2-4-6-10)13-11(14)7-16-8-12(13)15/h7-8,10H,2-6,9,15H2,1H3. The van der Waals surface area contributed by atoms with E-state index in [9.17, 15) is 0 Å². The average Bonchev–Trinajstić information content (AvgIpc) is 2.30. The van der Waals surface area contributed by atoms with Crippen LogP contribution in [0.2, 0.25) is 0 Å². The van der Waals surface area contributed by atoms with Crippen molar-refractivity contribution in [2.45, 2.75) is 32.1 Å². The van der Waals surface area contributed by atoms with Crippen LogP contribution in [-0.2, 0) is 0 Å². The van der Waals surface area contributed by atoms with Gasteiger partial charge in [-0.05, 0) is 34.7 Å². The van der Waals surface area contributed by atoms with Crippen LogP contribution < -0.4 is 10.6 Å². The Hall–Kier alpha value is -0.770. The zero-order valence-corrected chi connectivity index (χ0v) is 11.9. The van der Waals surface area contributed by atoms with Gasteiger partial charge in [-0.2, -0.15) is 0 Å². The van der Waals surface area contributed by atoms with Gasteiger partial charge in [0.15, 0.2) is 0 Å². The maximum absolute atomic E-state index is 5.99. The van der Waals surface area contributed by atoms with Gasteiger partial charge in [-0.3, -0.25) is 4.98 Å². The van der Waals surface area contributed by atoms with Crippen molar-refractivity contribution in [2.75, 3.05) is 24.2 Å². The number of anilines is 2. The van der Waals surface area contributed by atoms with E-state index in [0.717, 1.165) is 28.3 Å². The Kier molecular flexibility index (Phi) is 4.26. The largest absolute Gasteiger partial charge is 0.396 e. The number of hydrogen-bond acceptors (Lipinski definition) is 3. The predicted octanol–water partition coefficient (Wildman–Crippen LogP) is 3.44. The van der Waals surface area contributed by atoms with Gasteiger partial charge in [0, 0.05) is 19.8 Å². The highest BCUT2D eigenvalue weighted by molar-refractivity contribution is 9.10. The molecule has 0 aromatic carbocycles. The first-order valence-corrected chi connectivity index (χ1v) is 7.08. The van der Waals surface area contributed by atoms with E-state index in [4.69, 9.17) is 5.73 Å². The summed E-state index contributed by atoms with van der Waals surface area (Å²) in [5.41, 5.74) is 7.82. The van der Waals surface area contributed by atoms with E-state index in [1.165, 1.54) is 32.1 Å². The summed E-state index contributed by atoms with van der Waals surface area (Å²) in [5, 5.41) is 0. The van der Waals surface area contributed by atoms with Crippen molar-refractivity contribution in [3.63, 3.8) is 0 Å². The van der Waals surface area contributed by atoms with Gasteiger partial charge >= 0.3 is 0 Å². The Morgan fingerprint density at radius 2 is 2.06 bits per heavy atom. The molecule has 17 heavy (non-hydrogen) atoms. The Morgan fingerprint density at radius 1 is 1.35 bits per heavy atom. The summed E-state index contributed by atoms with van der Waals surface area (Å²) < 4.78 is 0.982. The number of rotatable bonds is 3. The van der Waals surface area contributed by atoms with Gasteiger partial charge in [-0.1, -0.05) is 19.3 Å². The maximum Gasteiger partial charge on any atom is 0.0773 e. The summed E-state index contributed by atoms with van der Waals surface area (Å²) >= 11 is 3.53. The first-order valence-electron chi connectivity index (χ1n) is 6.28. The van der Waals surface area contributed by atoms with Gasteiger partial charge < -0.3 is 10.6 Å². The fourth-order valence-corrected chi connectivity index (χ4v) is 3.34. The Balaban J connectivity index is 2.05. The van der Waals surface area contributed by atoms with Crippen LogP contribution in [0, 0.1) is 5.92 Å². The molecule has 94 valence electrons. The maximum atomic E-state index is 5.99. The minimum atomic E-state index is 0.748. The lowest BCUT2D eigenvalue weighted by atomic mass is 9.89. The summed E-state index contributed by atoms with van der Waals surface area (Å²) in [6.45, 7) is 1.09. The monoisotopic (exact) mass is 297 g/mol. The number of nitrogens with two attached hydrogens (primary N) is 1. The third-order valence-corrected chi connectivity index (χ3v) is 4.12. The van der Waals surface area contributed by atoms with Crippen molar-refractivity contribution in [3.05, 3.63) is 16.9 Å². The number of nitrogens with zero attached hydrogens (tertiary/aromatic N) is 2. The lowest BCUT2D eigenvalue weighted by Gasteiger charge is -2.29. The molecule has 0 bridgehead atoms. The molecule has 0 saturated heterocycles. The molecule has 1 aliphatic rings. The Morgan fingerprint density at radius 3 is 2.71 bits per heavy atom. The molecule has 2 rings (SSSR count). The van der Waals surface area contributed by atoms with Crippen LogP contribution in [0.25, 0.3) is 0 Å². The molecule has 1 heterocycles. The average molecular weight is 298 g/mol. The van der Waals surface area contributed by atoms with Crippen molar-refractivity contribution in [1.82, 2.24) is 4.98 Å². The second kappa shape index (κ2) is 5.71. The number of halogens is 1. The van der Waals surface area contributed by atoms with E-state index in [0.29, 0.717) is 0 Å². The van der Waals surface area contributed by atoms with Crippen LogP contribution in [0.3, 0.4) is 0 Å². The SMILES string of the molecule is CN(CC1CCCCC1)c1c(N)cncc1Br. The molecule has 0 atom stereocenters. The molecule has 4 heteroatoms. The molecular formula is C13H20BrN3.